The summed E-state index contributed by atoms with van der Waals surface area (Å²) in [4.78, 5) is 8.57. The van der Waals surface area contributed by atoms with Crippen LogP contribution in [-0.4, -0.2) is 16.5 Å². The Morgan fingerprint density at radius 2 is 1.89 bits per heavy atom. The Morgan fingerprint density at radius 3 is 2.67 bits per heavy atom. The predicted octanol–water partition coefficient (Wildman–Crippen LogP) is 3.28. The molecule has 2 aromatic rings. The van der Waals surface area contributed by atoms with Crippen molar-refractivity contribution in [3.63, 3.8) is 0 Å². The van der Waals surface area contributed by atoms with Gasteiger partial charge in [0.1, 0.15) is 5.82 Å². The number of allylic oxidation sites excluding steroid dienone is 1. The molecule has 0 bridgehead atoms. The average molecular weight is 237 g/mol. The zero-order valence-corrected chi connectivity index (χ0v) is 10.6. The van der Waals surface area contributed by atoms with Gasteiger partial charge in [-0.1, -0.05) is 6.08 Å². The van der Waals surface area contributed by atoms with Crippen LogP contribution in [0.5, 0.6) is 0 Å². The van der Waals surface area contributed by atoms with Crippen molar-refractivity contribution in [2.45, 2.75) is 13.8 Å². The molecule has 18 heavy (non-hydrogen) atoms. The van der Waals surface area contributed by atoms with Gasteiger partial charge < -0.3 is 5.32 Å². The first-order valence-corrected chi connectivity index (χ1v) is 6.08. The Hall–Kier alpha value is -2.16. The van der Waals surface area contributed by atoms with Gasteiger partial charge >= 0.3 is 0 Å². The van der Waals surface area contributed by atoms with Gasteiger partial charge in [0.2, 0.25) is 0 Å². The van der Waals surface area contributed by atoms with E-state index < -0.39 is 0 Å². The summed E-state index contributed by atoms with van der Waals surface area (Å²) in [5, 5.41) is 3.33. The number of anilines is 1. The standard InChI is InChI=1S/C15H15N3/c1-10-3-8-17-15-14(10)13(11(2)9-18-15)12-4-6-16-7-5-12/h3-7,9H,8H2,1-2H3,(H,17,18). The molecule has 1 aliphatic rings. The van der Waals surface area contributed by atoms with Crippen LogP contribution in [0.3, 0.4) is 0 Å². The van der Waals surface area contributed by atoms with E-state index >= 15 is 0 Å². The van der Waals surface area contributed by atoms with E-state index in [1.807, 2.05) is 30.7 Å². The number of aromatic nitrogens is 2. The lowest BCUT2D eigenvalue weighted by molar-refractivity contribution is 1.17. The SMILES string of the molecule is CC1=CCNc2ncc(C)c(-c3ccncc3)c21. The number of nitrogens with one attached hydrogen (secondary N) is 1. The van der Waals surface area contributed by atoms with Gasteiger partial charge in [0, 0.05) is 30.7 Å². The number of hydrogen-bond donors (Lipinski definition) is 1. The van der Waals surface area contributed by atoms with Crippen LogP contribution in [-0.2, 0) is 0 Å². The Bertz CT molecular complexity index is 615. The fourth-order valence-electron chi connectivity index (χ4n) is 2.42. The highest BCUT2D eigenvalue weighted by Gasteiger charge is 2.17. The van der Waals surface area contributed by atoms with Crippen molar-refractivity contribution < 1.29 is 0 Å². The first-order valence-electron chi connectivity index (χ1n) is 6.08. The molecule has 0 aromatic carbocycles. The molecule has 0 saturated carbocycles. The van der Waals surface area contributed by atoms with Crippen molar-refractivity contribution in [1.82, 2.24) is 9.97 Å². The van der Waals surface area contributed by atoms with Crippen molar-refractivity contribution in [2.75, 3.05) is 11.9 Å². The summed E-state index contributed by atoms with van der Waals surface area (Å²) in [7, 11) is 0. The molecule has 3 nitrogen and oxygen atoms in total. The molecule has 1 N–H and O–H groups in total. The molecular weight excluding hydrogens is 222 g/mol. The molecule has 0 aliphatic carbocycles. The van der Waals surface area contributed by atoms with E-state index in [0.29, 0.717) is 0 Å². The van der Waals surface area contributed by atoms with Crippen LogP contribution in [0.1, 0.15) is 18.1 Å². The predicted molar refractivity (Wildman–Crippen MR) is 74.3 cm³/mol. The van der Waals surface area contributed by atoms with Crippen LogP contribution < -0.4 is 5.32 Å². The number of fused-ring (bicyclic) bond motifs is 1. The summed E-state index contributed by atoms with van der Waals surface area (Å²) in [6.07, 6.45) is 7.79. The Morgan fingerprint density at radius 1 is 1.11 bits per heavy atom. The zero-order valence-electron chi connectivity index (χ0n) is 10.6. The molecule has 0 saturated heterocycles. The van der Waals surface area contributed by atoms with Crippen LogP contribution in [0.2, 0.25) is 0 Å². The maximum Gasteiger partial charge on any atom is 0.134 e. The second-order valence-corrected chi connectivity index (χ2v) is 4.54. The van der Waals surface area contributed by atoms with Gasteiger partial charge in [-0.2, -0.15) is 0 Å². The van der Waals surface area contributed by atoms with Gasteiger partial charge in [0.05, 0.1) is 0 Å². The zero-order chi connectivity index (χ0) is 12.5. The van der Waals surface area contributed by atoms with Crippen molar-refractivity contribution in [1.29, 1.82) is 0 Å². The van der Waals surface area contributed by atoms with E-state index in [1.54, 1.807) is 0 Å². The Balaban J connectivity index is 2.30. The van der Waals surface area contributed by atoms with Gasteiger partial charge in [0.15, 0.2) is 0 Å². The lowest BCUT2D eigenvalue weighted by atomic mass is 9.92. The van der Waals surface area contributed by atoms with Crippen LogP contribution in [0.15, 0.2) is 36.8 Å². The second-order valence-electron chi connectivity index (χ2n) is 4.54. The maximum absolute atomic E-state index is 4.49. The normalized spacial score (nSPS) is 13.6. The van der Waals surface area contributed by atoms with E-state index in [2.05, 4.69) is 35.2 Å². The van der Waals surface area contributed by atoms with E-state index in [0.717, 1.165) is 12.4 Å². The van der Waals surface area contributed by atoms with Crippen molar-refractivity contribution in [2.24, 2.45) is 0 Å². The molecular formula is C15H15N3. The summed E-state index contributed by atoms with van der Waals surface area (Å²) in [6.45, 7) is 5.10. The highest BCUT2D eigenvalue weighted by Crippen LogP contribution is 2.36. The lowest BCUT2D eigenvalue weighted by Crippen LogP contribution is -2.10. The van der Waals surface area contributed by atoms with E-state index in [4.69, 9.17) is 0 Å². The number of nitrogens with zero attached hydrogens (tertiary/aromatic N) is 2. The molecule has 0 atom stereocenters. The van der Waals surface area contributed by atoms with Gasteiger partial charge in [-0.05, 0) is 48.2 Å². The van der Waals surface area contributed by atoms with Crippen LogP contribution in [0, 0.1) is 6.92 Å². The molecule has 0 unspecified atom stereocenters. The number of hydrogen-bond acceptors (Lipinski definition) is 3. The van der Waals surface area contributed by atoms with Crippen LogP contribution in [0.4, 0.5) is 5.82 Å². The molecule has 0 spiro atoms. The van der Waals surface area contributed by atoms with Gasteiger partial charge in [-0.25, -0.2) is 4.98 Å². The van der Waals surface area contributed by atoms with Gasteiger partial charge in [-0.3, -0.25) is 4.98 Å². The van der Waals surface area contributed by atoms with E-state index in [-0.39, 0.29) is 0 Å². The first-order chi connectivity index (χ1) is 8.77. The third-order valence-corrected chi connectivity index (χ3v) is 3.31. The minimum atomic E-state index is 0.852. The van der Waals surface area contributed by atoms with Crippen LogP contribution >= 0.6 is 0 Å². The van der Waals surface area contributed by atoms with E-state index in [9.17, 15) is 0 Å². The molecule has 1 aliphatic heterocycles. The highest BCUT2D eigenvalue weighted by atomic mass is 15.0. The molecule has 0 amide bonds. The molecule has 3 heteroatoms. The third kappa shape index (κ3) is 1.68. The average Bonchev–Trinajstić information content (AvgIpc) is 2.40. The van der Waals surface area contributed by atoms with Crippen molar-refractivity contribution in [3.05, 3.63) is 47.9 Å². The second kappa shape index (κ2) is 4.26. The van der Waals surface area contributed by atoms with Crippen molar-refractivity contribution >= 4 is 11.4 Å². The van der Waals surface area contributed by atoms with Gasteiger partial charge in [-0.15, -0.1) is 0 Å². The minimum Gasteiger partial charge on any atom is -0.366 e. The monoisotopic (exact) mass is 237 g/mol. The number of rotatable bonds is 1. The van der Waals surface area contributed by atoms with E-state index in [1.165, 1.54) is 27.8 Å². The molecule has 3 heterocycles. The molecule has 2 aromatic heterocycles. The van der Waals surface area contributed by atoms with Crippen molar-refractivity contribution in [3.8, 4) is 11.1 Å². The first kappa shape index (κ1) is 11.0. The summed E-state index contributed by atoms with van der Waals surface area (Å²) in [6, 6.07) is 4.09. The molecule has 3 rings (SSSR count). The Labute approximate surface area is 107 Å². The number of aryl methyl sites for hydroxylation is 1. The highest BCUT2D eigenvalue weighted by molar-refractivity contribution is 5.89. The lowest BCUT2D eigenvalue weighted by Gasteiger charge is -2.21. The quantitative estimate of drug-likeness (QED) is 0.827. The fourth-order valence-corrected chi connectivity index (χ4v) is 2.42. The summed E-state index contributed by atoms with van der Waals surface area (Å²) >= 11 is 0. The molecule has 0 radical (unpaired) electrons. The third-order valence-electron chi connectivity index (χ3n) is 3.31. The van der Waals surface area contributed by atoms with Crippen LogP contribution in [0.25, 0.3) is 16.7 Å². The molecule has 0 fully saturated rings. The number of pyridine rings is 2. The largest absolute Gasteiger partial charge is 0.366 e. The van der Waals surface area contributed by atoms with Gasteiger partial charge in [0.25, 0.3) is 0 Å². The molecule has 90 valence electrons. The topological polar surface area (TPSA) is 37.8 Å². The summed E-state index contributed by atoms with van der Waals surface area (Å²) in [5.74, 6) is 0.979. The maximum atomic E-state index is 4.49. The summed E-state index contributed by atoms with van der Waals surface area (Å²) in [5.41, 5.74) is 6.14. The fraction of sp³-hybridized carbons (Fsp3) is 0.200. The smallest absolute Gasteiger partial charge is 0.134 e. The minimum absolute atomic E-state index is 0.852. The Kier molecular flexibility index (Phi) is 2.59. The summed E-state index contributed by atoms with van der Waals surface area (Å²) < 4.78 is 0.